The molecular formula is C17H22N2O2S. The second-order valence-electron chi connectivity index (χ2n) is 6.56. The van der Waals surface area contributed by atoms with Crippen LogP contribution in [0.2, 0.25) is 0 Å². The van der Waals surface area contributed by atoms with Crippen LogP contribution in [0.5, 0.6) is 0 Å². The van der Waals surface area contributed by atoms with Crippen molar-refractivity contribution in [1.29, 1.82) is 0 Å². The van der Waals surface area contributed by atoms with E-state index in [1.165, 1.54) is 19.3 Å². The third-order valence-corrected chi connectivity index (χ3v) is 7.66. The molecule has 0 bridgehead atoms. The van der Waals surface area contributed by atoms with Crippen molar-refractivity contribution in [1.82, 2.24) is 9.88 Å². The van der Waals surface area contributed by atoms with Gasteiger partial charge in [-0.15, -0.1) is 0 Å². The van der Waals surface area contributed by atoms with Crippen molar-refractivity contribution in [2.45, 2.75) is 48.3 Å². The molecule has 1 saturated heterocycles. The zero-order valence-corrected chi connectivity index (χ0v) is 13.5. The van der Waals surface area contributed by atoms with E-state index in [4.69, 9.17) is 0 Å². The lowest BCUT2D eigenvalue weighted by atomic mass is 9.90. The van der Waals surface area contributed by atoms with Crippen LogP contribution in [0, 0.1) is 0 Å². The lowest BCUT2D eigenvalue weighted by molar-refractivity contribution is 0.106. The number of para-hydroxylation sites is 1. The molecule has 0 amide bonds. The fourth-order valence-electron chi connectivity index (χ4n) is 3.76. The summed E-state index contributed by atoms with van der Waals surface area (Å²) in [5.41, 5.74) is 0.896. The third-order valence-electron chi connectivity index (χ3n) is 5.36. The average Bonchev–Trinajstić information content (AvgIpc) is 2.91. The first-order valence-electron chi connectivity index (χ1n) is 8.20. The van der Waals surface area contributed by atoms with Crippen molar-refractivity contribution in [3.8, 4) is 0 Å². The number of fused-ring (bicyclic) bond motifs is 1. The minimum atomic E-state index is -3.24. The van der Waals surface area contributed by atoms with Gasteiger partial charge in [-0.2, -0.15) is 0 Å². The average molecular weight is 318 g/mol. The molecule has 5 heteroatoms. The van der Waals surface area contributed by atoms with Gasteiger partial charge in [-0.3, -0.25) is 0 Å². The molecule has 1 aromatic heterocycles. The van der Waals surface area contributed by atoms with Gasteiger partial charge in [-0.05, 0) is 44.8 Å². The Kier molecular flexibility index (Phi) is 3.50. The van der Waals surface area contributed by atoms with Crippen molar-refractivity contribution in [2.24, 2.45) is 0 Å². The predicted molar refractivity (Wildman–Crippen MR) is 87.7 cm³/mol. The Bertz CT molecular complexity index is 769. The van der Waals surface area contributed by atoms with Gasteiger partial charge < -0.3 is 9.88 Å². The molecule has 2 aromatic rings. The van der Waals surface area contributed by atoms with E-state index in [9.17, 15) is 8.42 Å². The highest BCUT2D eigenvalue weighted by molar-refractivity contribution is 7.92. The van der Waals surface area contributed by atoms with Crippen molar-refractivity contribution in [3.05, 3.63) is 30.5 Å². The van der Waals surface area contributed by atoms with Crippen LogP contribution in [0.1, 0.15) is 32.1 Å². The number of hydrogen-bond donors (Lipinski definition) is 1. The largest absolute Gasteiger partial charge is 0.360 e. The summed E-state index contributed by atoms with van der Waals surface area (Å²) in [5.74, 6) is 0. The van der Waals surface area contributed by atoms with Crippen molar-refractivity contribution >= 4 is 20.7 Å². The second kappa shape index (κ2) is 5.39. The molecule has 118 valence electrons. The molecule has 2 fully saturated rings. The number of nitrogens with zero attached hydrogens (tertiary/aromatic N) is 1. The van der Waals surface area contributed by atoms with Gasteiger partial charge >= 0.3 is 0 Å². The van der Waals surface area contributed by atoms with Crippen LogP contribution in [-0.4, -0.2) is 42.7 Å². The quantitative estimate of drug-likeness (QED) is 0.946. The summed E-state index contributed by atoms with van der Waals surface area (Å²) < 4.78 is 26.0. The molecule has 2 aliphatic rings. The van der Waals surface area contributed by atoms with Crippen LogP contribution in [0.15, 0.2) is 35.4 Å². The van der Waals surface area contributed by atoms with Gasteiger partial charge in [0.1, 0.15) is 0 Å². The van der Waals surface area contributed by atoms with Gasteiger partial charge in [0.25, 0.3) is 0 Å². The zero-order chi connectivity index (χ0) is 15.2. The van der Waals surface area contributed by atoms with Gasteiger partial charge in [-0.25, -0.2) is 8.42 Å². The van der Waals surface area contributed by atoms with Gasteiger partial charge in [0, 0.05) is 23.1 Å². The Hall–Kier alpha value is -1.33. The number of rotatable bonds is 3. The number of piperidine rings is 1. The number of aromatic amines is 1. The van der Waals surface area contributed by atoms with E-state index in [0.29, 0.717) is 4.90 Å². The summed E-state index contributed by atoms with van der Waals surface area (Å²) in [6, 6.07) is 8.35. The maximum atomic E-state index is 13.0. The van der Waals surface area contributed by atoms with E-state index in [2.05, 4.69) is 9.88 Å². The fraction of sp³-hybridized carbons (Fsp3) is 0.529. The summed E-state index contributed by atoms with van der Waals surface area (Å²) >= 11 is 0. The van der Waals surface area contributed by atoms with Crippen LogP contribution >= 0.6 is 0 Å². The summed E-state index contributed by atoms with van der Waals surface area (Å²) in [6.45, 7) is 1.85. The number of hydrogen-bond acceptors (Lipinski definition) is 3. The normalized spacial score (nSPS) is 22.0. The third kappa shape index (κ3) is 2.27. The first-order valence-corrected chi connectivity index (χ1v) is 9.75. The van der Waals surface area contributed by atoms with E-state index < -0.39 is 9.84 Å². The first-order chi connectivity index (χ1) is 10.7. The summed E-state index contributed by atoms with van der Waals surface area (Å²) in [4.78, 5) is 6.06. The summed E-state index contributed by atoms with van der Waals surface area (Å²) in [6.07, 6.45) is 7.10. The van der Waals surface area contributed by atoms with Crippen LogP contribution in [0.25, 0.3) is 10.9 Å². The van der Waals surface area contributed by atoms with Crippen LogP contribution in [0.3, 0.4) is 0 Å². The van der Waals surface area contributed by atoms with Gasteiger partial charge in [0.15, 0.2) is 9.84 Å². The lowest BCUT2D eigenvalue weighted by Crippen LogP contribution is -2.47. The van der Waals surface area contributed by atoms with Crippen molar-refractivity contribution in [2.75, 3.05) is 13.1 Å². The summed E-state index contributed by atoms with van der Waals surface area (Å²) in [7, 11) is -3.24. The Morgan fingerprint density at radius 1 is 1.05 bits per heavy atom. The number of likely N-dealkylation sites (tertiary alicyclic amines) is 1. The molecule has 0 radical (unpaired) electrons. The Morgan fingerprint density at radius 2 is 1.77 bits per heavy atom. The highest BCUT2D eigenvalue weighted by Crippen LogP contribution is 2.32. The zero-order valence-electron chi connectivity index (χ0n) is 12.7. The fourth-order valence-corrected chi connectivity index (χ4v) is 5.66. The minimum absolute atomic E-state index is 0.233. The number of H-pyrrole nitrogens is 1. The molecule has 1 aliphatic heterocycles. The predicted octanol–water partition coefficient (Wildman–Crippen LogP) is 2.96. The molecule has 1 N–H and O–H groups in total. The number of benzene rings is 1. The van der Waals surface area contributed by atoms with Gasteiger partial charge in [-0.1, -0.05) is 24.6 Å². The molecule has 4 rings (SSSR count). The molecule has 0 spiro atoms. The molecule has 22 heavy (non-hydrogen) atoms. The number of sulfone groups is 1. The maximum Gasteiger partial charge on any atom is 0.183 e. The van der Waals surface area contributed by atoms with Crippen LogP contribution in [-0.2, 0) is 9.84 Å². The number of aromatic nitrogens is 1. The van der Waals surface area contributed by atoms with E-state index in [1.54, 1.807) is 6.20 Å². The molecule has 4 nitrogen and oxygen atoms in total. The molecular weight excluding hydrogens is 296 g/mol. The minimum Gasteiger partial charge on any atom is -0.360 e. The smallest absolute Gasteiger partial charge is 0.183 e. The second-order valence-corrected chi connectivity index (χ2v) is 8.76. The molecule has 1 aliphatic carbocycles. The lowest BCUT2D eigenvalue weighted by Gasteiger charge is -2.41. The Balaban J connectivity index is 1.56. The van der Waals surface area contributed by atoms with Crippen molar-refractivity contribution in [3.63, 3.8) is 0 Å². The molecule has 0 atom stereocenters. The highest BCUT2D eigenvalue weighted by Gasteiger charge is 2.35. The van der Waals surface area contributed by atoms with E-state index >= 15 is 0 Å². The standard InChI is InChI=1S/C17H22N2O2S/c20-22(21,17-12-18-16-7-2-1-6-15(16)17)14-8-10-19(11-9-14)13-4-3-5-13/h1-2,6-7,12-14,18H,3-5,8-11H2. The van der Waals surface area contributed by atoms with E-state index in [0.717, 1.165) is 42.9 Å². The van der Waals surface area contributed by atoms with Crippen molar-refractivity contribution < 1.29 is 8.42 Å². The molecule has 1 saturated carbocycles. The Labute approximate surface area is 131 Å². The SMILES string of the molecule is O=S(=O)(c1c[nH]c2ccccc12)C1CCN(C2CCC2)CC1. The van der Waals surface area contributed by atoms with E-state index in [1.807, 2.05) is 24.3 Å². The molecule has 1 aromatic carbocycles. The van der Waals surface area contributed by atoms with E-state index in [-0.39, 0.29) is 5.25 Å². The Morgan fingerprint density at radius 3 is 2.45 bits per heavy atom. The maximum absolute atomic E-state index is 13.0. The van der Waals surface area contributed by atoms with Gasteiger partial charge in [0.2, 0.25) is 0 Å². The highest BCUT2D eigenvalue weighted by atomic mass is 32.2. The van der Waals surface area contributed by atoms with Crippen LogP contribution < -0.4 is 0 Å². The number of nitrogens with one attached hydrogen (secondary N) is 1. The molecule has 2 heterocycles. The van der Waals surface area contributed by atoms with Crippen LogP contribution in [0.4, 0.5) is 0 Å². The molecule has 0 unspecified atom stereocenters. The van der Waals surface area contributed by atoms with Gasteiger partial charge in [0.05, 0.1) is 10.1 Å². The first kappa shape index (κ1) is 14.3. The monoisotopic (exact) mass is 318 g/mol. The topological polar surface area (TPSA) is 53.2 Å². The summed E-state index contributed by atoms with van der Waals surface area (Å²) in [5, 5.41) is 0.590.